The number of carbonyl (C=O) groups is 1. The quantitative estimate of drug-likeness (QED) is 0.468. The van der Waals surface area contributed by atoms with E-state index in [1.807, 2.05) is 73.7 Å². The number of ether oxygens (including phenoxy) is 1. The van der Waals surface area contributed by atoms with Crippen LogP contribution in [0.15, 0.2) is 71.1 Å². The Kier molecular flexibility index (Phi) is 4.23. The molecule has 0 saturated carbocycles. The van der Waals surface area contributed by atoms with Crippen LogP contribution in [0.1, 0.15) is 21.8 Å². The highest BCUT2D eigenvalue weighted by Gasteiger charge is 2.14. The Labute approximate surface area is 151 Å². The lowest BCUT2D eigenvalue weighted by molar-refractivity contribution is 0.112. The monoisotopic (exact) mass is 343 g/mol. The summed E-state index contributed by atoms with van der Waals surface area (Å²) in [6, 6.07) is 21.2. The van der Waals surface area contributed by atoms with E-state index in [9.17, 15) is 4.79 Å². The lowest BCUT2D eigenvalue weighted by atomic mass is 10.0. The molecule has 1 heterocycles. The summed E-state index contributed by atoms with van der Waals surface area (Å²) in [5, 5.41) is 1.88. The first-order chi connectivity index (χ1) is 12.8. The van der Waals surface area contributed by atoms with Crippen molar-refractivity contribution in [1.82, 2.24) is 4.98 Å². The van der Waals surface area contributed by atoms with E-state index < -0.39 is 0 Å². The van der Waals surface area contributed by atoms with Crippen LogP contribution in [0.5, 0.6) is 5.75 Å². The van der Waals surface area contributed by atoms with E-state index >= 15 is 0 Å². The lowest BCUT2D eigenvalue weighted by Gasteiger charge is -2.09. The molecule has 0 fully saturated rings. The van der Waals surface area contributed by atoms with Gasteiger partial charge in [0.05, 0.1) is 5.56 Å². The molecule has 4 nitrogen and oxygen atoms in total. The summed E-state index contributed by atoms with van der Waals surface area (Å²) in [5.41, 5.74) is 2.18. The Hall–Kier alpha value is -3.40. The van der Waals surface area contributed by atoms with E-state index in [1.165, 1.54) is 0 Å². The molecule has 4 aromatic rings. The van der Waals surface area contributed by atoms with Crippen molar-refractivity contribution in [2.24, 2.45) is 0 Å². The molecule has 0 amide bonds. The first-order valence-electron chi connectivity index (χ1n) is 8.37. The van der Waals surface area contributed by atoms with Crippen molar-refractivity contribution in [2.75, 3.05) is 0 Å². The van der Waals surface area contributed by atoms with Gasteiger partial charge >= 0.3 is 0 Å². The minimum Gasteiger partial charge on any atom is -0.486 e. The predicted octanol–water partition coefficient (Wildman–Crippen LogP) is 5.19. The van der Waals surface area contributed by atoms with Crippen LogP contribution in [0.4, 0.5) is 0 Å². The van der Waals surface area contributed by atoms with Crippen molar-refractivity contribution in [3.63, 3.8) is 0 Å². The predicted molar refractivity (Wildman–Crippen MR) is 100 cm³/mol. The fourth-order valence-corrected chi connectivity index (χ4v) is 2.94. The van der Waals surface area contributed by atoms with Crippen LogP contribution in [0, 0.1) is 6.92 Å². The summed E-state index contributed by atoms with van der Waals surface area (Å²) in [5.74, 6) is 1.82. The average molecular weight is 343 g/mol. The minimum absolute atomic E-state index is 0.237. The third kappa shape index (κ3) is 2.97. The Balaban J connectivity index is 1.61. The van der Waals surface area contributed by atoms with Gasteiger partial charge < -0.3 is 9.15 Å². The summed E-state index contributed by atoms with van der Waals surface area (Å²) < 4.78 is 11.7. The summed E-state index contributed by atoms with van der Waals surface area (Å²) in [6.45, 7) is 2.10. The lowest BCUT2D eigenvalue weighted by Crippen LogP contribution is -2.00. The number of aromatic nitrogens is 1. The van der Waals surface area contributed by atoms with E-state index in [-0.39, 0.29) is 6.61 Å². The Bertz CT molecular complexity index is 1070. The van der Waals surface area contributed by atoms with Gasteiger partial charge in [-0.25, -0.2) is 4.98 Å². The molecule has 0 saturated heterocycles. The molecule has 0 N–H and O–H groups in total. The van der Waals surface area contributed by atoms with Crippen LogP contribution in [-0.2, 0) is 6.61 Å². The topological polar surface area (TPSA) is 52.3 Å². The fraction of sp³-hybridized carbons (Fsp3) is 0.0909. The highest BCUT2D eigenvalue weighted by atomic mass is 16.5. The Morgan fingerprint density at radius 1 is 1.00 bits per heavy atom. The van der Waals surface area contributed by atoms with E-state index in [2.05, 4.69) is 4.98 Å². The number of aryl methyl sites for hydroxylation is 1. The molecule has 128 valence electrons. The van der Waals surface area contributed by atoms with Gasteiger partial charge in [-0.3, -0.25) is 4.79 Å². The zero-order valence-corrected chi connectivity index (χ0v) is 14.3. The second-order valence-corrected chi connectivity index (χ2v) is 5.99. The molecule has 0 spiro atoms. The molecule has 3 aromatic carbocycles. The molecule has 0 aliphatic heterocycles. The number of carbonyl (C=O) groups excluding carboxylic acids is 1. The molecule has 1 aromatic heterocycles. The zero-order valence-electron chi connectivity index (χ0n) is 14.3. The van der Waals surface area contributed by atoms with Gasteiger partial charge in [-0.15, -0.1) is 0 Å². The standard InChI is InChI=1S/C22H17NO3/c1-15-20(23-22(26-15)17-8-3-2-4-9-17)14-25-21-12-11-16-7-5-6-10-18(16)19(21)13-24/h2-13H,14H2,1H3. The number of oxazole rings is 1. The van der Waals surface area contributed by atoms with E-state index in [1.54, 1.807) is 0 Å². The summed E-state index contributed by atoms with van der Waals surface area (Å²) in [7, 11) is 0. The van der Waals surface area contributed by atoms with Crippen LogP contribution >= 0.6 is 0 Å². The van der Waals surface area contributed by atoms with Crippen molar-refractivity contribution >= 4 is 17.1 Å². The normalized spacial score (nSPS) is 10.8. The Morgan fingerprint density at radius 3 is 2.58 bits per heavy atom. The van der Waals surface area contributed by atoms with Gasteiger partial charge in [0.1, 0.15) is 23.8 Å². The third-order valence-electron chi connectivity index (χ3n) is 4.33. The van der Waals surface area contributed by atoms with Crippen LogP contribution in [0.2, 0.25) is 0 Å². The molecule has 0 aliphatic rings. The van der Waals surface area contributed by atoms with Crippen molar-refractivity contribution in [3.05, 3.63) is 83.7 Å². The van der Waals surface area contributed by atoms with Crippen LogP contribution in [-0.4, -0.2) is 11.3 Å². The van der Waals surface area contributed by atoms with Gasteiger partial charge in [0, 0.05) is 5.56 Å². The van der Waals surface area contributed by atoms with Gasteiger partial charge in [0.25, 0.3) is 0 Å². The molecular formula is C22H17NO3. The SMILES string of the molecule is Cc1oc(-c2ccccc2)nc1COc1ccc2ccccc2c1C=O. The number of fused-ring (bicyclic) bond motifs is 1. The number of hydrogen-bond acceptors (Lipinski definition) is 4. The molecule has 0 unspecified atom stereocenters. The number of nitrogens with zero attached hydrogens (tertiary/aromatic N) is 1. The van der Waals surface area contributed by atoms with Crippen molar-refractivity contribution in [3.8, 4) is 17.2 Å². The van der Waals surface area contributed by atoms with Gasteiger partial charge in [-0.05, 0) is 35.9 Å². The average Bonchev–Trinajstić information content (AvgIpc) is 3.07. The highest BCUT2D eigenvalue weighted by molar-refractivity contribution is 6.00. The number of rotatable bonds is 5. The molecule has 4 heteroatoms. The van der Waals surface area contributed by atoms with Gasteiger partial charge in [-0.1, -0.05) is 48.5 Å². The minimum atomic E-state index is 0.237. The molecule has 0 radical (unpaired) electrons. The molecule has 0 atom stereocenters. The zero-order chi connectivity index (χ0) is 17.9. The smallest absolute Gasteiger partial charge is 0.226 e. The van der Waals surface area contributed by atoms with Gasteiger partial charge in [0.15, 0.2) is 6.29 Å². The van der Waals surface area contributed by atoms with Gasteiger partial charge in [0.2, 0.25) is 5.89 Å². The number of benzene rings is 3. The fourth-order valence-electron chi connectivity index (χ4n) is 2.94. The Morgan fingerprint density at radius 2 is 1.77 bits per heavy atom. The van der Waals surface area contributed by atoms with E-state index in [4.69, 9.17) is 9.15 Å². The first-order valence-corrected chi connectivity index (χ1v) is 8.37. The van der Waals surface area contributed by atoms with Crippen molar-refractivity contribution in [1.29, 1.82) is 0 Å². The maximum atomic E-state index is 11.6. The third-order valence-corrected chi connectivity index (χ3v) is 4.33. The van der Waals surface area contributed by atoms with Crippen molar-refractivity contribution < 1.29 is 13.9 Å². The second kappa shape index (κ2) is 6.84. The van der Waals surface area contributed by atoms with E-state index in [0.29, 0.717) is 28.7 Å². The highest BCUT2D eigenvalue weighted by Crippen LogP contribution is 2.28. The van der Waals surface area contributed by atoms with Crippen molar-refractivity contribution in [2.45, 2.75) is 13.5 Å². The molecule has 0 bridgehead atoms. The second-order valence-electron chi connectivity index (χ2n) is 5.99. The molecule has 4 rings (SSSR count). The maximum Gasteiger partial charge on any atom is 0.226 e. The number of hydrogen-bond donors (Lipinski definition) is 0. The first kappa shape index (κ1) is 16.1. The summed E-state index contributed by atoms with van der Waals surface area (Å²) in [6.07, 6.45) is 0.836. The van der Waals surface area contributed by atoms with Gasteiger partial charge in [-0.2, -0.15) is 0 Å². The molecular weight excluding hydrogens is 326 g/mol. The van der Waals surface area contributed by atoms with Crippen LogP contribution < -0.4 is 4.74 Å². The molecule has 26 heavy (non-hydrogen) atoms. The van der Waals surface area contributed by atoms with Crippen LogP contribution in [0.25, 0.3) is 22.2 Å². The maximum absolute atomic E-state index is 11.6. The van der Waals surface area contributed by atoms with Crippen LogP contribution in [0.3, 0.4) is 0 Å². The summed E-state index contributed by atoms with van der Waals surface area (Å²) >= 11 is 0. The molecule has 0 aliphatic carbocycles. The largest absolute Gasteiger partial charge is 0.486 e. The summed E-state index contributed by atoms with van der Waals surface area (Å²) in [4.78, 5) is 16.1. The number of aldehydes is 1. The van der Waals surface area contributed by atoms with E-state index in [0.717, 1.165) is 22.6 Å².